The van der Waals surface area contributed by atoms with Gasteiger partial charge >= 0.3 is 0 Å². The maximum absolute atomic E-state index is 6.18. The average molecular weight is 723 g/mol. The second kappa shape index (κ2) is 12.6. The molecule has 42 heavy (non-hydrogen) atoms. The predicted molar refractivity (Wildman–Crippen MR) is 168 cm³/mol. The van der Waals surface area contributed by atoms with Gasteiger partial charge in [-0.25, -0.2) is 0 Å². The molecule has 4 aromatic carbocycles. The van der Waals surface area contributed by atoms with Crippen molar-refractivity contribution in [2.24, 2.45) is 0 Å². The minimum absolute atomic E-state index is 0. The fourth-order valence-electron chi connectivity index (χ4n) is 5.04. The molecule has 0 aliphatic carbocycles. The minimum atomic E-state index is -0.124. The Bertz CT molecular complexity index is 1910. The van der Waals surface area contributed by atoms with E-state index in [1.807, 2.05) is 73.9 Å². The van der Waals surface area contributed by atoms with Crippen LogP contribution in [0.5, 0.6) is 0 Å². The van der Waals surface area contributed by atoms with Gasteiger partial charge in [-0.3, -0.25) is 0 Å². The molecule has 0 saturated heterocycles. The molecule has 0 saturated carbocycles. The van der Waals surface area contributed by atoms with Crippen LogP contribution in [0, 0.1) is 19.1 Å². The first-order chi connectivity index (χ1) is 20.0. The standard InChI is InChI=1S/C26H20NO.C12H10N.Ir/c1-26(2,18-9-4-3-5-10-18)19-15-16-27-23(17-19)22-13-8-12-21-20-11-6-7-14-24(20)28-25(21)22;1-10-7-8-12(13-9-10)11-5-3-2-4-6-11;/h3-12,14-17H,1-2H3;2-5,7-9H,1H3;/q2*-1;. The van der Waals surface area contributed by atoms with Gasteiger partial charge in [-0.05, 0) is 47.1 Å². The van der Waals surface area contributed by atoms with Crippen LogP contribution in [-0.2, 0) is 25.5 Å². The number of aromatic nitrogens is 2. The van der Waals surface area contributed by atoms with Gasteiger partial charge in [0.15, 0.2) is 0 Å². The van der Waals surface area contributed by atoms with Crippen LogP contribution in [0.1, 0.15) is 30.5 Å². The van der Waals surface area contributed by atoms with Crippen molar-refractivity contribution in [3.05, 3.63) is 156 Å². The summed E-state index contributed by atoms with van der Waals surface area (Å²) in [4.78, 5) is 8.96. The first-order valence-electron chi connectivity index (χ1n) is 13.7. The van der Waals surface area contributed by atoms with E-state index in [0.717, 1.165) is 44.5 Å². The van der Waals surface area contributed by atoms with Crippen LogP contribution in [0.4, 0.5) is 0 Å². The van der Waals surface area contributed by atoms with Crippen LogP contribution in [0.15, 0.2) is 132 Å². The molecule has 0 atom stereocenters. The molecule has 0 spiro atoms. The Morgan fingerprint density at radius 3 is 2.21 bits per heavy atom. The molecule has 7 rings (SSSR count). The Morgan fingerprint density at radius 1 is 0.667 bits per heavy atom. The smallest absolute Gasteiger partial charge is 0.120 e. The van der Waals surface area contributed by atoms with Crippen LogP contribution < -0.4 is 0 Å². The van der Waals surface area contributed by atoms with Crippen molar-refractivity contribution < 1.29 is 24.5 Å². The molecule has 0 amide bonds. The van der Waals surface area contributed by atoms with Crippen LogP contribution >= 0.6 is 0 Å². The molecule has 3 nitrogen and oxygen atoms in total. The quantitative estimate of drug-likeness (QED) is 0.170. The Labute approximate surface area is 260 Å². The van der Waals surface area contributed by atoms with Crippen molar-refractivity contribution in [1.29, 1.82) is 0 Å². The summed E-state index contributed by atoms with van der Waals surface area (Å²) in [6.45, 7) is 6.52. The summed E-state index contributed by atoms with van der Waals surface area (Å²) in [7, 11) is 0. The Morgan fingerprint density at radius 2 is 1.45 bits per heavy atom. The summed E-state index contributed by atoms with van der Waals surface area (Å²) >= 11 is 0. The number of hydrogen-bond donors (Lipinski definition) is 0. The molecule has 3 heterocycles. The third-order valence-electron chi connectivity index (χ3n) is 7.47. The second-order valence-corrected chi connectivity index (χ2v) is 10.6. The zero-order valence-corrected chi connectivity index (χ0v) is 26.2. The number of furan rings is 1. The third-order valence-corrected chi connectivity index (χ3v) is 7.47. The van der Waals surface area contributed by atoms with E-state index < -0.39 is 0 Å². The number of rotatable bonds is 4. The SMILES string of the molecule is CC(C)(c1ccccc1)c1ccnc(-c2[c-]ccc3c2oc2ccccc23)c1.Cc1ccc(-c2[c-]cccc2)nc1.[Ir]. The van der Waals surface area contributed by atoms with E-state index in [-0.39, 0.29) is 25.5 Å². The monoisotopic (exact) mass is 723 g/mol. The van der Waals surface area contributed by atoms with Crippen molar-refractivity contribution in [3.63, 3.8) is 0 Å². The number of para-hydroxylation sites is 1. The van der Waals surface area contributed by atoms with Gasteiger partial charge in [-0.1, -0.05) is 91.5 Å². The molecule has 0 unspecified atom stereocenters. The van der Waals surface area contributed by atoms with E-state index in [0.29, 0.717) is 0 Å². The minimum Gasteiger partial charge on any atom is -0.501 e. The zero-order chi connectivity index (χ0) is 28.2. The van der Waals surface area contributed by atoms with Crippen LogP contribution in [0.2, 0.25) is 0 Å². The van der Waals surface area contributed by atoms with E-state index in [1.54, 1.807) is 0 Å². The molecule has 209 valence electrons. The first kappa shape index (κ1) is 29.1. The largest absolute Gasteiger partial charge is 0.501 e. The number of aryl methyl sites for hydroxylation is 1. The van der Waals surface area contributed by atoms with Crippen molar-refractivity contribution in [1.82, 2.24) is 9.97 Å². The molecular formula is C38H30IrN2O-2. The number of hydrogen-bond acceptors (Lipinski definition) is 3. The van der Waals surface area contributed by atoms with Crippen LogP contribution in [0.3, 0.4) is 0 Å². The van der Waals surface area contributed by atoms with Gasteiger partial charge in [0, 0.05) is 43.3 Å². The summed E-state index contributed by atoms with van der Waals surface area (Å²) in [6, 6.07) is 45.4. The summed E-state index contributed by atoms with van der Waals surface area (Å²) in [5, 5.41) is 2.22. The maximum Gasteiger partial charge on any atom is 0.120 e. The first-order valence-corrected chi connectivity index (χ1v) is 13.7. The topological polar surface area (TPSA) is 38.9 Å². The maximum atomic E-state index is 6.18. The number of nitrogens with zero attached hydrogens (tertiary/aromatic N) is 2. The summed E-state index contributed by atoms with van der Waals surface area (Å²) < 4.78 is 6.18. The van der Waals surface area contributed by atoms with E-state index in [4.69, 9.17) is 4.42 Å². The summed E-state index contributed by atoms with van der Waals surface area (Å²) in [6.07, 6.45) is 3.75. The zero-order valence-electron chi connectivity index (χ0n) is 23.8. The molecular weight excluding hydrogens is 693 g/mol. The van der Waals surface area contributed by atoms with Gasteiger partial charge in [0.25, 0.3) is 0 Å². The van der Waals surface area contributed by atoms with Crippen molar-refractivity contribution >= 4 is 21.9 Å². The van der Waals surface area contributed by atoms with Crippen molar-refractivity contribution in [3.8, 4) is 22.5 Å². The molecule has 7 aromatic rings. The Hall–Kier alpha value is -4.37. The molecule has 0 aliphatic rings. The van der Waals surface area contributed by atoms with Crippen LogP contribution in [-0.4, -0.2) is 9.97 Å². The van der Waals surface area contributed by atoms with Gasteiger partial charge in [-0.2, -0.15) is 0 Å². The van der Waals surface area contributed by atoms with Gasteiger partial charge in [0.2, 0.25) is 0 Å². The molecule has 1 radical (unpaired) electrons. The molecule has 3 aromatic heterocycles. The molecule has 0 fully saturated rings. The normalized spacial score (nSPS) is 11.0. The molecule has 0 aliphatic heterocycles. The fraction of sp³-hybridized carbons (Fsp3) is 0.105. The number of benzene rings is 4. The fourth-order valence-corrected chi connectivity index (χ4v) is 5.04. The third kappa shape index (κ3) is 5.97. The molecule has 0 N–H and O–H groups in total. The average Bonchev–Trinajstić information content (AvgIpc) is 3.42. The molecule has 0 bridgehead atoms. The van der Waals surface area contributed by atoms with Gasteiger partial charge in [-0.15, -0.1) is 54.1 Å². The van der Waals surface area contributed by atoms with E-state index in [2.05, 4.69) is 96.6 Å². The Kier molecular flexibility index (Phi) is 8.77. The van der Waals surface area contributed by atoms with Crippen LogP contribution in [0.25, 0.3) is 44.5 Å². The second-order valence-electron chi connectivity index (χ2n) is 10.6. The Balaban J connectivity index is 0.000000212. The van der Waals surface area contributed by atoms with E-state index in [9.17, 15) is 0 Å². The van der Waals surface area contributed by atoms with Gasteiger partial charge in [0.1, 0.15) is 5.58 Å². The van der Waals surface area contributed by atoms with Gasteiger partial charge in [0.05, 0.1) is 5.58 Å². The summed E-state index contributed by atoms with van der Waals surface area (Å²) in [5.41, 5.74) is 9.08. The number of pyridine rings is 2. The van der Waals surface area contributed by atoms with Crippen molar-refractivity contribution in [2.75, 3.05) is 0 Å². The summed E-state index contributed by atoms with van der Waals surface area (Å²) in [5.74, 6) is 0. The van der Waals surface area contributed by atoms with Crippen molar-refractivity contribution in [2.45, 2.75) is 26.2 Å². The van der Waals surface area contributed by atoms with E-state index in [1.165, 1.54) is 16.7 Å². The predicted octanol–water partition coefficient (Wildman–Crippen LogP) is 9.63. The van der Waals surface area contributed by atoms with Gasteiger partial charge < -0.3 is 14.4 Å². The number of fused-ring (bicyclic) bond motifs is 3. The van der Waals surface area contributed by atoms with E-state index >= 15 is 0 Å². The molecule has 4 heteroatoms.